The number of rotatable bonds is 4. The average Bonchev–Trinajstić information content (AvgIpc) is 3.35. The number of carbonyl (C=O) groups is 2. The first-order valence-corrected chi connectivity index (χ1v) is 10.4. The number of anilines is 1. The molecule has 31 heavy (non-hydrogen) atoms. The van der Waals surface area contributed by atoms with Crippen LogP contribution >= 0.6 is 15.9 Å². The van der Waals surface area contributed by atoms with Gasteiger partial charge in [-0.25, -0.2) is 0 Å². The number of carbonyl (C=O) groups excluding carboxylic acids is 2. The number of furan rings is 1. The normalized spacial score (nSPS) is 17.9. The molecule has 1 aromatic heterocycles. The number of ketones is 1. The van der Waals surface area contributed by atoms with E-state index in [-0.39, 0.29) is 11.3 Å². The molecule has 2 heterocycles. The molecule has 158 valence electrons. The van der Waals surface area contributed by atoms with E-state index < -0.39 is 17.7 Å². The third-order valence-corrected chi connectivity index (χ3v) is 5.91. The summed E-state index contributed by atoms with van der Waals surface area (Å²) in [7, 11) is 1.53. The minimum atomic E-state index is -0.891. The third kappa shape index (κ3) is 3.55. The van der Waals surface area contributed by atoms with Gasteiger partial charge in [0.2, 0.25) is 0 Å². The number of nitrogens with zero attached hydrogens (tertiary/aromatic N) is 1. The Balaban J connectivity index is 1.93. The van der Waals surface area contributed by atoms with Crippen LogP contribution in [0.1, 0.15) is 28.5 Å². The largest absolute Gasteiger partial charge is 0.507 e. The first-order valence-electron chi connectivity index (χ1n) is 9.59. The third-order valence-electron chi connectivity index (χ3n) is 5.29. The topological polar surface area (TPSA) is 80.0 Å². The zero-order valence-corrected chi connectivity index (χ0v) is 18.8. The summed E-state index contributed by atoms with van der Waals surface area (Å²) >= 11 is 3.39. The number of aliphatic hydroxyl groups is 1. The van der Waals surface area contributed by atoms with Crippen LogP contribution in [-0.4, -0.2) is 23.9 Å². The first kappa shape index (κ1) is 20.9. The Morgan fingerprint density at radius 2 is 1.90 bits per heavy atom. The Morgan fingerprint density at radius 1 is 1.13 bits per heavy atom. The van der Waals surface area contributed by atoms with Crippen LogP contribution in [0.4, 0.5) is 5.69 Å². The van der Waals surface area contributed by atoms with E-state index in [0.717, 1.165) is 11.1 Å². The molecule has 7 heteroatoms. The molecule has 1 amide bonds. The number of hydrogen-bond acceptors (Lipinski definition) is 5. The van der Waals surface area contributed by atoms with Crippen LogP contribution in [0.25, 0.3) is 5.76 Å². The molecule has 0 aliphatic carbocycles. The standard InChI is InChI=1S/C24H20BrNO5/c1-13-6-8-17(14(2)11-13)26-21(19-5-4-10-31-19)20(23(28)24(26)29)22(27)15-7-9-18(30-3)16(25)12-15/h4-12,21,27H,1-3H3/b22-20-. The Bertz CT molecular complexity index is 1210. The highest BCUT2D eigenvalue weighted by atomic mass is 79.9. The molecule has 0 bridgehead atoms. The molecular weight excluding hydrogens is 462 g/mol. The molecule has 4 rings (SSSR count). The number of benzene rings is 2. The van der Waals surface area contributed by atoms with Gasteiger partial charge in [0.15, 0.2) is 0 Å². The summed E-state index contributed by atoms with van der Waals surface area (Å²) in [5.74, 6) is -0.813. The van der Waals surface area contributed by atoms with Crippen LogP contribution in [0.2, 0.25) is 0 Å². The lowest BCUT2D eigenvalue weighted by atomic mass is 9.98. The molecule has 1 aliphatic heterocycles. The van der Waals surface area contributed by atoms with Gasteiger partial charge in [0.05, 0.1) is 23.4 Å². The molecule has 1 fully saturated rings. The predicted octanol–water partition coefficient (Wildman–Crippen LogP) is 5.29. The van der Waals surface area contributed by atoms with Crippen molar-refractivity contribution in [3.63, 3.8) is 0 Å². The van der Waals surface area contributed by atoms with E-state index in [4.69, 9.17) is 9.15 Å². The molecule has 1 saturated heterocycles. The lowest BCUT2D eigenvalue weighted by Crippen LogP contribution is -2.30. The molecule has 1 N–H and O–H groups in total. The van der Waals surface area contributed by atoms with Crippen LogP contribution < -0.4 is 9.64 Å². The van der Waals surface area contributed by atoms with Gasteiger partial charge in [-0.1, -0.05) is 17.7 Å². The average molecular weight is 482 g/mol. The number of ether oxygens (including phenoxy) is 1. The van der Waals surface area contributed by atoms with Crippen molar-refractivity contribution >= 4 is 39.1 Å². The lowest BCUT2D eigenvalue weighted by Gasteiger charge is -2.25. The summed E-state index contributed by atoms with van der Waals surface area (Å²) in [5, 5.41) is 11.1. The van der Waals surface area contributed by atoms with Crippen LogP contribution in [0.3, 0.4) is 0 Å². The van der Waals surface area contributed by atoms with Crippen molar-refractivity contribution < 1.29 is 23.8 Å². The van der Waals surface area contributed by atoms with E-state index >= 15 is 0 Å². The quantitative estimate of drug-likeness (QED) is 0.311. The zero-order chi connectivity index (χ0) is 22.3. The zero-order valence-electron chi connectivity index (χ0n) is 17.2. The molecule has 3 aromatic rings. The second-order valence-corrected chi connectivity index (χ2v) is 8.18. The molecule has 0 saturated carbocycles. The molecule has 0 radical (unpaired) electrons. The fourth-order valence-electron chi connectivity index (χ4n) is 3.84. The summed E-state index contributed by atoms with van der Waals surface area (Å²) in [6.45, 7) is 3.83. The summed E-state index contributed by atoms with van der Waals surface area (Å²) in [5.41, 5.74) is 2.81. The summed E-state index contributed by atoms with van der Waals surface area (Å²) in [6, 6.07) is 13.0. The Hall–Kier alpha value is -3.32. The first-order chi connectivity index (χ1) is 14.8. The predicted molar refractivity (Wildman–Crippen MR) is 120 cm³/mol. The van der Waals surface area contributed by atoms with Crippen molar-refractivity contribution in [3.05, 3.63) is 87.3 Å². The van der Waals surface area contributed by atoms with Crippen LogP contribution in [-0.2, 0) is 9.59 Å². The summed E-state index contributed by atoms with van der Waals surface area (Å²) in [6.07, 6.45) is 1.47. The maximum absolute atomic E-state index is 13.1. The van der Waals surface area contributed by atoms with Gasteiger partial charge in [-0.2, -0.15) is 0 Å². The number of methoxy groups -OCH3 is 1. The molecule has 1 atom stereocenters. The van der Waals surface area contributed by atoms with Crippen LogP contribution in [0.5, 0.6) is 5.75 Å². The highest BCUT2D eigenvalue weighted by molar-refractivity contribution is 9.10. The van der Waals surface area contributed by atoms with E-state index in [9.17, 15) is 14.7 Å². The van der Waals surface area contributed by atoms with Crippen molar-refractivity contribution in [1.29, 1.82) is 0 Å². The van der Waals surface area contributed by atoms with E-state index in [1.165, 1.54) is 18.3 Å². The van der Waals surface area contributed by atoms with Gasteiger partial charge in [-0.15, -0.1) is 0 Å². The van der Waals surface area contributed by atoms with E-state index in [1.54, 1.807) is 36.4 Å². The lowest BCUT2D eigenvalue weighted by molar-refractivity contribution is -0.132. The molecular formula is C24H20BrNO5. The van der Waals surface area contributed by atoms with E-state index in [0.29, 0.717) is 27.2 Å². The Morgan fingerprint density at radius 3 is 2.52 bits per heavy atom. The molecule has 0 spiro atoms. The fourth-order valence-corrected chi connectivity index (χ4v) is 4.38. The Kier molecular flexibility index (Phi) is 5.45. The number of Topliss-reactive ketones (excluding diaryl/α,β-unsaturated/α-hetero) is 1. The number of amides is 1. The van der Waals surface area contributed by atoms with Crippen molar-refractivity contribution in [2.24, 2.45) is 0 Å². The van der Waals surface area contributed by atoms with Gasteiger partial charge in [0.25, 0.3) is 11.7 Å². The SMILES string of the molecule is COc1ccc(/C(O)=C2/C(=O)C(=O)N(c3ccc(C)cc3C)C2c2ccco2)cc1Br. The Labute approximate surface area is 187 Å². The van der Waals surface area contributed by atoms with Crippen molar-refractivity contribution in [2.75, 3.05) is 12.0 Å². The van der Waals surface area contributed by atoms with E-state index in [1.807, 2.05) is 26.0 Å². The van der Waals surface area contributed by atoms with Gasteiger partial charge in [0.1, 0.15) is 23.3 Å². The summed E-state index contributed by atoms with van der Waals surface area (Å²) < 4.78 is 11.4. The van der Waals surface area contributed by atoms with Gasteiger partial charge >= 0.3 is 0 Å². The van der Waals surface area contributed by atoms with Gasteiger partial charge in [0, 0.05) is 11.3 Å². The second kappa shape index (κ2) is 8.07. The van der Waals surface area contributed by atoms with Crippen molar-refractivity contribution in [1.82, 2.24) is 0 Å². The number of aliphatic hydroxyl groups excluding tert-OH is 1. The minimum Gasteiger partial charge on any atom is -0.507 e. The van der Waals surface area contributed by atoms with Crippen LogP contribution in [0, 0.1) is 13.8 Å². The number of aryl methyl sites for hydroxylation is 2. The van der Waals surface area contributed by atoms with Gasteiger partial charge in [-0.05, 0) is 71.7 Å². The van der Waals surface area contributed by atoms with Crippen molar-refractivity contribution in [3.8, 4) is 5.75 Å². The molecule has 2 aromatic carbocycles. The van der Waals surface area contributed by atoms with E-state index in [2.05, 4.69) is 15.9 Å². The maximum Gasteiger partial charge on any atom is 0.300 e. The maximum atomic E-state index is 13.1. The number of hydrogen-bond donors (Lipinski definition) is 1. The number of halogens is 1. The summed E-state index contributed by atoms with van der Waals surface area (Å²) in [4.78, 5) is 27.6. The monoisotopic (exact) mass is 481 g/mol. The second-order valence-electron chi connectivity index (χ2n) is 7.32. The fraction of sp³-hybridized carbons (Fsp3) is 0.167. The highest BCUT2D eigenvalue weighted by Gasteiger charge is 2.48. The molecule has 1 unspecified atom stereocenters. The van der Waals surface area contributed by atoms with Crippen LogP contribution in [0.15, 0.2) is 69.3 Å². The minimum absolute atomic E-state index is 0.0306. The van der Waals surface area contributed by atoms with Gasteiger partial charge in [-0.3, -0.25) is 14.5 Å². The molecule has 1 aliphatic rings. The van der Waals surface area contributed by atoms with Gasteiger partial charge < -0.3 is 14.3 Å². The van der Waals surface area contributed by atoms with Crippen molar-refractivity contribution in [2.45, 2.75) is 19.9 Å². The highest BCUT2D eigenvalue weighted by Crippen LogP contribution is 2.43. The molecule has 6 nitrogen and oxygen atoms in total. The smallest absolute Gasteiger partial charge is 0.300 e.